The van der Waals surface area contributed by atoms with Crippen molar-refractivity contribution in [1.29, 1.82) is 0 Å². The van der Waals surface area contributed by atoms with Gasteiger partial charge in [-0.25, -0.2) is 4.79 Å². The predicted octanol–water partition coefficient (Wildman–Crippen LogP) is 1.22. The maximum Gasteiger partial charge on any atom is 0.411 e. The quantitative estimate of drug-likeness (QED) is 0.687. The van der Waals surface area contributed by atoms with E-state index in [9.17, 15) is 14.4 Å². The summed E-state index contributed by atoms with van der Waals surface area (Å²) >= 11 is 0. The van der Waals surface area contributed by atoms with E-state index in [2.05, 4.69) is 5.32 Å². The van der Waals surface area contributed by atoms with E-state index in [1.165, 1.54) is 0 Å². The minimum atomic E-state index is -1.20. The van der Waals surface area contributed by atoms with Crippen LogP contribution in [0.5, 0.6) is 0 Å². The second kappa shape index (κ2) is 8.39. The van der Waals surface area contributed by atoms with E-state index in [0.717, 1.165) is 17.7 Å². The van der Waals surface area contributed by atoms with E-state index in [4.69, 9.17) is 9.84 Å². The van der Waals surface area contributed by atoms with Crippen LogP contribution in [0.3, 0.4) is 0 Å². The summed E-state index contributed by atoms with van der Waals surface area (Å²) in [4.78, 5) is 35.1. The molecule has 0 atom stereocenters. The van der Waals surface area contributed by atoms with Gasteiger partial charge in [0.15, 0.2) is 0 Å². The molecule has 7 nitrogen and oxygen atoms in total. The molecule has 0 spiro atoms. The average molecular weight is 288 g/mol. The number of carboxylic acid groups (broad SMARTS) is 1. The van der Waals surface area contributed by atoms with Crippen LogP contribution in [0.15, 0.2) is 0 Å². The second-order valence-electron chi connectivity index (χ2n) is 5.43. The number of nitrogens with one attached hydrogen (secondary N) is 1. The van der Waals surface area contributed by atoms with Crippen LogP contribution in [0, 0.1) is 0 Å². The molecule has 0 aromatic carbocycles. The van der Waals surface area contributed by atoms with Crippen LogP contribution in [-0.4, -0.2) is 53.2 Å². The van der Waals surface area contributed by atoms with Gasteiger partial charge >= 0.3 is 12.1 Å². The van der Waals surface area contributed by atoms with Crippen LogP contribution in [-0.2, 0) is 14.3 Å². The van der Waals surface area contributed by atoms with Gasteiger partial charge in [0.1, 0.15) is 18.7 Å². The lowest BCUT2D eigenvalue weighted by Gasteiger charge is -2.26. The number of carboxylic acids is 1. The summed E-state index contributed by atoms with van der Waals surface area (Å²) in [5.74, 6) is -1.59. The lowest BCUT2D eigenvalue weighted by Crippen LogP contribution is -2.45. The van der Waals surface area contributed by atoms with E-state index in [0.29, 0.717) is 6.54 Å². The normalized spacial score (nSPS) is 10.8. The summed E-state index contributed by atoms with van der Waals surface area (Å²) in [5.41, 5.74) is -0.744. The van der Waals surface area contributed by atoms with Gasteiger partial charge in [0.2, 0.25) is 5.91 Å². The number of amides is 2. The van der Waals surface area contributed by atoms with Crippen molar-refractivity contribution in [1.82, 2.24) is 10.2 Å². The molecule has 0 fully saturated rings. The van der Waals surface area contributed by atoms with E-state index >= 15 is 0 Å². The third-order valence-corrected chi connectivity index (χ3v) is 2.16. The first-order valence-corrected chi connectivity index (χ1v) is 6.62. The number of carbonyl (C=O) groups excluding carboxylic acids is 2. The van der Waals surface area contributed by atoms with Crippen molar-refractivity contribution < 1.29 is 24.2 Å². The van der Waals surface area contributed by atoms with Crippen molar-refractivity contribution in [3.63, 3.8) is 0 Å². The van der Waals surface area contributed by atoms with Crippen molar-refractivity contribution in [2.24, 2.45) is 0 Å². The van der Waals surface area contributed by atoms with Crippen molar-refractivity contribution in [2.75, 3.05) is 19.6 Å². The van der Waals surface area contributed by atoms with Crippen molar-refractivity contribution in [2.45, 2.75) is 46.1 Å². The average Bonchev–Trinajstić information content (AvgIpc) is 2.25. The molecular weight excluding hydrogens is 264 g/mol. The first kappa shape index (κ1) is 18.2. The molecule has 116 valence electrons. The number of hydrogen-bond acceptors (Lipinski definition) is 4. The zero-order valence-electron chi connectivity index (χ0n) is 12.6. The summed E-state index contributed by atoms with van der Waals surface area (Å²) < 4.78 is 5.07. The Balaban J connectivity index is 4.52. The van der Waals surface area contributed by atoms with Crippen molar-refractivity contribution in [3.05, 3.63) is 0 Å². The van der Waals surface area contributed by atoms with Gasteiger partial charge in [-0.05, 0) is 27.2 Å². The van der Waals surface area contributed by atoms with Crippen molar-refractivity contribution in [3.8, 4) is 0 Å². The Hall–Kier alpha value is -1.79. The Morgan fingerprint density at radius 1 is 1.20 bits per heavy atom. The standard InChI is InChI=1S/C13H24N2O5/c1-5-6-7-14-10(16)8-15(9-11(17)18)12(19)20-13(2,3)4/h5-9H2,1-4H3,(H,14,16)(H,17,18). The number of aliphatic carboxylic acids is 1. The molecule has 0 aliphatic heterocycles. The topological polar surface area (TPSA) is 95.9 Å². The monoisotopic (exact) mass is 288 g/mol. The van der Waals surface area contributed by atoms with Crippen LogP contribution in [0.1, 0.15) is 40.5 Å². The second-order valence-corrected chi connectivity index (χ2v) is 5.43. The highest BCUT2D eigenvalue weighted by atomic mass is 16.6. The fourth-order valence-corrected chi connectivity index (χ4v) is 1.31. The molecule has 2 amide bonds. The van der Waals surface area contributed by atoms with Gasteiger partial charge in [-0.3, -0.25) is 14.5 Å². The van der Waals surface area contributed by atoms with Gasteiger partial charge in [-0.15, -0.1) is 0 Å². The van der Waals surface area contributed by atoms with Crippen LogP contribution in [0.2, 0.25) is 0 Å². The molecule has 0 aliphatic carbocycles. The van der Waals surface area contributed by atoms with Crippen LogP contribution < -0.4 is 5.32 Å². The summed E-state index contributed by atoms with van der Waals surface area (Å²) in [5, 5.41) is 11.4. The summed E-state index contributed by atoms with van der Waals surface area (Å²) in [6, 6.07) is 0. The molecule has 20 heavy (non-hydrogen) atoms. The Morgan fingerprint density at radius 3 is 2.25 bits per heavy atom. The first-order valence-electron chi connectivity index (χ1n) is 6.62. The molecule has 0 bridgehead atoms. The van der Waals surface area contributed by atoms with E-state index in [1.807, 2.05) is 6.92 Å². The van der Waals surface area contributed by atoms with Gasteiger partial charge in [-0.2, -0.15) is 0 Å². The lowest BCUT2D eigenvalue weighted by molar-refractivity contribution is -0.138. The van der Waals surface area contributed by atoms with Gasteiger partial charge < -0.3 is 15.2 Å². The molecule has 0 heterocycles. The Morgan fingerprint density at radius 2 is 1.80 bits per heavy atom. The number of ether oxygens (including phenoxy) is 1. The fraction of sp³-hybridized carbons (Fsp3) is 0.769. The Bertz CT molecular complexity index is 349. The van der Waals surface area contributed by atoms with Crippen molar-refractivity contribution >= 4 is 18.0 Å². The molecule has 7 heteroatoms. The van der Waals surface area contributed by atoms with Gasteiger partial charge in [0.25, 0.3) is 0 Å². The molecule has 0 unspecified atom stereocenters. The SMILES string of the molecule is CCCCNC(=O)CN(CC(=O)O)C(=O)OC(C)(C)C. The molecule has 2 N–H and O–H groups in total. The Labute approximate surface area is 119 Å². The molecule has 0 radical (unpaired) electrons. The summed E-state index contributed by atoms with van der Waals surface area (Å²) in [7, 11) is 0. The minimum Gasteiger partial charge on any atom is -0.480 e. The smallest absolute Gasteiger partial charge is 0.411 e. The molecule has 0 rings (SSSR count). The highest BCUT2D eigenvalue weighted by Gasteiger charge is 2.25. The Kier molecular flexibility index (Phi) is 7.64. The maximum absolute atomic E-state index is 11.8. The number of hydrogen-bond donors (Lipinski definition) is 2. The molecule has 0 saturated carbocycles. The number of carbonyl (C=O) groups is 3. The van der Waals surface area contributed by atoms with Gasteiger partial charge in [-0.1, -0.05) is 13.3 Å². The number of unbranched alkanes of at least 4 members (excludes halogenated alkanes) is 1. The molecule has 0 aliphatic rings. The largest absolute Gasteiger partial charge is 0.480 e. The third-order valence-electron chi connectivity index (χ3n) is 2.16. The third kappa shape index (κ3) is 9.18. The van der Waals surface area contributed by atoms with Gasteiger partial charge in [0, 0.05) is 6.54 Å². The lowest BCUT2D eigenvalue weighted by atomic mass is 10.2. The highest BCUT2D eigenvalue weighted by Crippen LogP contribution is 2.09. The first-order chi connectivity index (χ1) is 9.15. The zero-order valence-corrected chi connectivity index (χ0v) is 12.6. The van der Waals surface area contributed by atoms with Gasteiger partial charge in [0.05, 0.1) is 0 Å². The summed E-state index contributed by atoms with van der Waals surface area (Å²) in [6.45, 7) is 6.61. The molecule has 0 saturated heterocycles. The molecule has 0 aromatic heterocycles. The number of rotatable bonds is 7. The van der Waals surface area contributed by atoms with Crippen LogP contribution in [0.25, 0.3) is 0 Å². The van der Waals surface area contributed by atoms with Crippen LogP contribution in [0.4, 0.5) is 4.79 Å². The van der Waals surface area contributed by atoms with Crippen LogP contribution >= 0.6 is 0 Å². The number of nitrogens with zero attached hydrogens (tertiary/aromatic N) is 1. The fourth-order valence-electron chi connectivity index (χ4n) is 1.31. The molecular formula is C13H24N2O5. The minimum absolute atomic E-state index is 0.328. The van der Waals surface area contributed by atoms with E-state index < -0.39 is 30.1 Å². The van der Waals surface area contributed by atoms with E-state index in [-0.39, 0.29) is 6.54 Å². The summed E-state index contributed by atoms with van der Waals surface area (Å²) in [6.07, 6.45) is 0.952. The molecule has 0 aromatic rings. The van der Waals surface area contributed by atoms with E-state index in [1.54, 1.807) is 20.8 Å². The maximum atomic E-state index is 11.8. The predicted molar refractivity (Wildman–Crippen MR) is 73.4 cm³/mol. The zero-order chi connectivity index (χ0) is 15.8. The highest BCUT2D eigenvalue weighted by molar-refractivity contribution is 5.84.